The SMILES string of the molecule is CCCCCCc1ccc(O)cc1O.O=C(C=CC=Cc1ccc2c(c1)OCO2)N1CCCCC1. The molecule has 2 N–H and O–H groups in total. The first-order chi connectivity index (χ1) is 17.1. The summed E-state index contributed by atoms with van der Waals surface area (Å²) in [6, 6.07) is 10.6. The Balaban J connectivity index is 0.000000214. The number of likely N-dealkylation sites (tertiary alicyclic amines) is 1. The van der Waals surface area contributed by atoms with Gasteiger partial charge in [0.15, 0.2) is 11.5 Å². The number of fused-ring (bicyclic) bond motifs is 1. The monoisotopic (exact) mass is 479 g/mol. The van der Waals surface area contributed by atoms with Gasteiger partial charge < -0.3 is 24.6 Å². The first kappa shape index (κ1) is 26.2. The van der Waals surface area contributed by atoms with Crippen LogP contribution in [0, 0.1) is 0 Å². The van der Waals surface area contributed by atoms with E-state index < -0.39 is 0 Å². The molecule has 1 fully saturated rings. The summed E-state index contributed by atoms with van der Waals surface area (Å²) in [4.78, 5) is 13.8. The van der Waals surface area contributed by atoms with Crippen LogP contribution in [-0.2, 0) is 11.2 Å². The van der Waals surface area contributed by atoms with Crippen LogP contribution in [0.5, 0.6) is 23.0 Å². The van der Waals surface area contributed by atoms with Crippen molar-refractivity contribution in [1.29, 1.82) is 0 Å². The van der Waals surface area contributed by atoms with Crippen molar-refractivity contribution in [3.63, 3.8) is 0 Å². The number of hydrogen-bond donors (Lipinski definition) is 2. The van der Waals surface area contributed by atoms with Crippen molar-refractivity contribution < 1.29 is 24.5 Å². The molecule has 1 amide bonds. The fourth-order valence-corrected chi connectivity index (χ4v) is 4.05. The summed E-state index contributed by atoms with van der Waals surface area (Å²) < 4.78 is 10.6. The molecule has 6 heteroatoms. The second-order valence-electron chi connectivity index (χ2n) is 8.84. The van der Waals surface area contributed by atoms with E-state index in [1.807, 2.05) is 35.3 Å². The lowest BCUT2D eigenvalue weighted by molar-refractivity contribution is -0.126. The molecule has 0 aliphatic carbocycles. The Morgan fingerprint density at radius 2 is 1.74 bits per heavy atom. The normalized spacial score (nSPS) is 14.8. The minimum absolute atomic E-state index is 0.102. The first-order valence-corrected chi connectivity index (χ1v) is 12.6. The molecule has 2 heterocycles. The molecule has 2 aromatic carbocycles. The summed E-state index contributed by atoms with van der Waals surface area (Å²) >= 11 is 0. The molecule has 0 aromatic heterocycles. The Bertz CT molecular complexity index is 1010. The summed E-state index contributed by atoms with van der Waals surface area (Å²) in [6.45, 7) is 4.23. The molecule has 35 heavy (non-hydrogen) atoms. The van der Waals surface area contributed by atoms with Gasteiger partial charge in [-0.1, -0.05) is 56.5 Å². The fourth-order valence-electron chi connectivity index (χ4n) is 4.05. The third-order valence-electron chi connectivity index (χ3n) is 6.07. The standard InChI is InChI=1S/C17H19NO3.C12H18O2/c19-17(18-10-4-1-5-11-18)7-3-2-6-14-8-9-15-16(12-14)21-13-20-15;1-2-3-4-5-6-10-7-8-11(13)9-12(10)14/h2-3,6-9,12H,1,4-5,10-11,13H2;7-9,13-14H,2-6H2,1H3. The Kier molecular flexibility index (Phi) is 10.6. The van der Waals surface area contributed by atoms with Crippen LogP contribution in [0.25, 0.3) is 6.08 Å². The van der Waals surface area contributed by atoms with E-state index >= 15 is 0 Å². The molecular formula is C29H37NO5. The van der Waals surface area contributed by atoms with Crippen LogP contribution in [-0.4, -0.2) is 40.9 Å². The Hall–Kier alpha value is -3.41. The second kappa shape index (κ2) is 14.1. The number of unbranched alkanes of at least 4 members (excludes halogenated alkanes) is 3. The van der Waals surface area contributed by atoms with Gasteiger partial charge in [-0.15, -0.1) is 0 Å². The Morgan fingerprint density at radius 3 is 2.51 bits per heavy atom. The van der Waals surface area contributed by atoms with Gasteiger partial charge >= 0.3 is 0 Å². The van der Waals surface area contributed by atoms with Gasteiger partial charge in [0, 0.05) is 25.2 Å². The molecule has 0 bridgehead atoms. The average Bonchev–Trinajstić information content (AvgIpc) is 3.34. The minimum Gasteiger partial charge on any atom is -0.508 e. The topological polar surface area (TPSA) is 79.2 Å². The number of ether oxygens (including phenoxy) is 2. The fraction of sp³-hybridized carbons (Fsp3) is 0.414. The van der Waals surface area contributed by atoms with Gasteiger partial charge in [-0.2, -0.15) is 0 Å². The highest BCUT2D eigenvalue weighted by Gasteiger charge is 2.13. The highest BCUT2D eigenvalue weighted by atomic mass is 16.7. The largest absolute Gasteiger partial charge is 0.508 e. The molecule has 1 saturated heterocycles. The van der Waals surface area contributed by atoms with Crippen molar-refractivity contribution in [3.05, 3.63) is 65.8 Å². The summed E-state index contributed by atoms with van der Waals surface area (Å²) in [5.41, 5.74) is 1.95. The van der Waals surface area contributed by atoms with Gasteiger partial charge in [0.25, 0.3) is 0 Å². The smallest absolute Gasteiger partial charge is 0.246 e. The minimum atomic E-state index is 0.102. The number of amides is 1. The van der Waals surface area contributed by atoms with Crippen LogP contribution in [0.15, 0.2) is 54.6 Å². The Morgan fingerprint density at radius 1 is 0.943 bits per heavy atom. The highest BCUT2D eigenvalue weighted by Crippen LogP contribution is 2.32. The van der Waals surface area contributed by atoms with Crippen molar-refractivity contribution in [1.82, 2.24) is 4.90 Å². The molecule has 0 saturated carbocycles. The number of allylic oxidation sites excluding steroid dienone is 2. The predicted octanol–water partition coefficient (Wildman–Crippen LogP) is 6.22. The van der Waals surface area contributed by atoms with E-state index in [1.54, 1.807) is 24.3 Å². The number of nitrogens with zero attached hydrogens (tertiary/aromatic N) is 1. The molecule has 2 aliphatic rings. The number of carbonyl (C=O) groups excluding carboxylic acids is 1. The average molecular weight is 480 g/mol. The lowest BCUT2D eigenvalue weighted by Crippen LogP contribution is -2.34. The van der Waals surface area contributed by atoms with Crippen molar-refractivity contribution in [3.8, 4) is 23.0 Å². The maximum Gasteiger partial charge on any atom is 0.246 e. The van der Waals surface area contributed by atoms with Gasteiger partial charge in [0.05, 0.1) is 0 Å². The van der Waals surface area contributed by atoms with Crippen molar-refractivity contribution in [2.45, 2.75) is 58.3 Å². The van der Waals surface area contributed by atoms with Gasteiger partial charge in [-0.3, -0.25) is 4.79 Å². The molecule has 0 spiro atoms. The molecule has 0 unspecified atom stereocenters. The van der Waals surface area contributed by atoms with Crippen LogP contribution in [0.3, 0.4) is 0 Å². The summed E-state index contributed by atoms with van der Waals surface area (Å²) in [7, 11) is 0. The summed E-state index contributed by atoms with van der Waals surface area (Å²) in [5, 5.41) is 18.6. The number of hydrogen-bond acceptors (Lipinski definition) is 5. The van der Waals surface area contributed by atoms with Crippen LogP contribution in [0.2, 0.25) is 0 Å². The van der Waals surface area contributed by atoms with Crippen molar-refractivity contribution in [2.24, 2.45) is 0 Å². The van der Waals surface area contributed by atoms with Crippen molar-refractivity contribution >= 4 is 12.0 Å². The third kappa shape index (κ3) is 8.71. The van der Waals surface area contributed by atoms with Gasteiger partial charge in [-0.05, 0) is 61.4 Å². The number of phenols is 2. The number of phenolic OH excluding ortho intramolecular Hbond substituents is 2. The van der Waals surface area contributed by atoms with Gasteiger partial charge in [0.1, 0.15) is 11.5 Å². The highest BCUT2D eigenvalue weighted by molar-refractivity contribution is 5.88. The maximum atomic E-state index is 11.9. The molecule has 2 aromatic rings. The molecule has 188 valence electrons. The maximum absolute atomic E-state index is 11.9. The van der Waals surface area contributed by atoms with E-state index in [0.717, 1.165) is 61.4 Å². The number of piperidine rings is 1. The lowest BCUT2D eigenvalue weighted by Gasteiger charge is -2.25. The predicted molar refractivity (Wildman–Crippen MR) is 139 cm³/mol. The van der Waals surface area contributed by atoms with Gasteiger partial charge in [-0.25, -0.2) is 0 Å². The zero-order valence-corrected chi connectivity index (χ0v) is 20.6. The third-order valence-corrected chi connectivity index (χ3v) is 6.07. The molecular weight excluding hydrogens is 442 g/mol. The number of aromatic hydroxyl groups is 2. The van der Waals surface area contributed by atoms with Crippen molar-refractivity contribution in [2.75, 3.05) is 19.9 Å². The zero-order chi connectivity index (χ0) is 24.9. The van der Waals surface area contributed by atoms with E-state index in [9.17, 15) is 9.90 Å². The van der Waals surface area contributed by atoms with E-state index in [4.69, 9.17) is 14.6 Å². The quantitative estimate of drug-likeness (QED) is 0.267. The van der Waals surface area contributed by atoms with E-state index in [0.29, 0.717) is 0 Å². The number of rotatable bonds is 8. The number of carbonyl (C=O) groups is 1. The number of aryl methyl sites for hydroxylation is 1. The van der Waals surface area contributed by atoms with E-state index in [2.05, 4.69) is 6.92 Å². The first-order valence-electron chi connectivity index (χ1n) is 12.6. The number of benzene rings is 2. The molecule has 0 atom stereocenters. The molecule has 6 nitrogen and oxygen atoms in total. The zero-order valence-electron chi connectivity index (χ0n) is 20.6. The molecule has 2 aliphatic heterocycles. The summed E-state index contributed by atoms with van der Waals surface area (Å²) in [5.74, 6) is 1.99. The van der Waals surface area contributed by atoms with E-state index in [-0.39, 0.29) is 24.2 Å². The Labute approximate surface area is 208 Å². The van der Waals surface area contributed by atoms with Crippen LogP contribution >= 0.6 is 0 Å². The molecule has 0 radical (unpaired) electrons. The van der Waals surface area contributed by atoms with Crippen LogP contribution in [0.4, 0.5) is 0 Å². The second-order valence-corrected chi connectivity index (χ2v) is 8.84. The molecule has 4 rings (SSSR count). The van der Waals surface area contributed by atoms with Crippen LogP contribution < -0.4 is 9.47 Å². The summed E-state index contributed by atoms with van der Waals surface area (Å²) in [6.07, 6.45) is 16.4. The lowest BCUT2D eigenvalue weighted by atomic mass is 10.1. The van der Waals surface area contributed by atoms with E-state index in [1.165, 1.54) is 31.7 Å². The van der Waals surface area contributed by atoms with Crippen LogP contribution in [0.1, 0.15) is 63.0 Å². The van der Waals surface area contributed by atoms with Gasteiger partial charge in [0.2, 0.25) is 12.7 Å².